The van der Waals surface area contributed by atoms with E-state index in [1.165, 1.54) is 25.9 Å². The molecule has 2 aromatic rings. The van der Waals surface area contributed by atoms with Gasteiger partial charge in [-0.1, -0.05) is 24.3 Å². The molecule has 1 fully saturated rings. The van der Waals surface area contributed by atoms with E-state index in [9.17, 15) is 9.00 Å². The first-order valence-corrected chi connectivity index (χ1v) is 12.0. The number of carboxylic acid groups (broad SMARTS) is 1. The van der Waals surface area contributed by atoms with Gasteiger partial charge in [-0.15, -0.1) is 0 Å². The van der Waals surface area contributed by atoms with E-state index in [1.807, 2.05) is 37.3 Å². The highest BCUT2D eigenvalue weighted by Gasteiger charge is 2.15. The number of rotatable bonds is 11. The smallest absolute Gasteiger partial charge is 0.304 e. The van der Waals surface area contributed by atoms with Crippen molar-refractivity contribution in [2.24, 2.45) is 0 Å². The molecule has 0 amide bonds. The van der Waals surface area contributed by atoms with Crippen molar-refractivity contribution in [3.63, 3.8) is 0 Å². The molecule has 1 aliphatic rings. The lowest BCUT2D eigenvalue weighted by molar-refractivity contribution is -0.136. The fourth-order valence-corrected chi connectivity index (χ4v) is 5.01. The first-order valence-electron chi connectivity index (χ1n) is 10.9. The maximum Gasteiger partial charge on any atom is 0.304 e. The van der Waals surface area contributed by atoms with Crippen molar-refractivity contribution in [3.8, 4) is 16.9 Å². The van der Waals surface area contributed by atoms with Gasteiger partial charge in [-0.05, 0) is 80.6 Å². The van der Waals surface area contributed by atoms with Gasteiger partial charge in [-0.25, -0.2) is 8.93 Å². The molecular formula is C24H32N2O4S. The van der Waals surface area contributed by atoms with Crippen LogP contribution in [0.15, 0.2) is 41.3 Å². The molecule has 1 atom stereocenters. The predicted octanol–water partition coefficient (Wildman–Crippen LogP) is 3.92. The van der Waals surface area contributed by atoms with Crippen molar-refractivity contribution < 1.29 is 18.8 Å². The average Bonchev–Trinajstić information content (AvgIpc) is 3.26. The van der Waals surface area contributed by atoms with Crippen LogP contribution >= 0.6 is 0 Å². The van der Waals surface area contributed by atoms with Gasteiger partial charge in [0.2, 0.25) is 0 Å². The Kier molecular flexibility index (Phi) is 8.63. The monoisotopic (exact) mass is 444 g/mol. The second kappa shape index (κ2) is 11.4. The first kappa shape index (κ1) is 23.4. The molecule has 1 heterocycles. The van der Waals surface area contributed by atoms with Crippen molar-refractivity contribution in [2.45, 2.75) is 44.4 Å². The lowest BCUT2D eigenvalue weighted by atomic mass is 9.96. The topological polar surface area (TPSA) is 78.9 Å². The largest absolute Gasteiger partial charge is 0.493 e. The first-order chi connectivity index (χ1) is 15.0. The van der Waals surface area contributed by atoms with Crippen molar-refractivity contribution in [1.29, 1.82) is 0 Å². The molecule has 0 aromatic heterocycles. The minimum absolute atomic E-state index is 0.0687. The molecule has 168 valence electrons. The fraction of sp³-hybridized carbons (Fsp3) is 0.458. The van der Waals surface area contributed by atoms with Gasteiger partial charge in [-0.3, -0.25) is 4.79 Å². The zero-order valence-corrected chi connectivity index (χ0v) is 19.2. The Hall–Kier alpha value is -2.22. The number of benzene rings is 2. The van der Waals surface area contributed by atoms with Gasteiger partial charge in [0.15, 0.2) is 0 Å². The van der Waals surface area contributed by atoms with Crippen LogP contribution in [0.2, 0.25) is 0 Å². The third kappa shape index (κ3) is 6.38. The summed E-state index contributed by atoms with van der Waals surface area (Å²) >= 11 is 0. The molecule has 0 saturated carbocycles. The Bertz CT molecular complexity index is 926. The molecule has 0 radical (unpaired) electrons. The molecule has 7 heteroatoms. The van der Waals surface area contributed by atoms with Crippen LogP contribution in [0.4, 0.5) is 0 Å². The molecule has 31 heavy (non-hydrogen) atoms. The third-order valence-corrected chi connectivity index (χ3v) is 7.01. The van der Waals surface area contributed by atoms with Gasteiger partial charge in [0.25, 0.3) is 0 Å². The third-order valence-electron chi connectivity index (χ3n) is 5.71. The molecular weight excluding hydrogens is 412 g/mol. The fourth-order valence-electron chi connectivity index (χ4n) is 3.97. The normalized spacial score (nSPS) is 15.2. The van der Waals surface area contributed by atoms with Crippen LogP contribution in [0.25, 0.3) is 11.1 Å². The van der Waals surface area contributed by atoms with E-state index >= 15 is 0 Å². The minimum Gasteiger partial charge on any atom is -0.493 e. The standard InChI is InChI=1S/C24H32N2O4S/c1-18-20(8-5-10-22(18)30-17-7-16-26-14-3-4-15-26)21-9-6-11-23(19(21)2)31(29)25-13-12-24(27)28/h5-6,8-11,25H,3-4,7,12-17H2,1-2H3,(H,27,28). The molecule has 1 aliphatic heterocycles. The van der Waals surface area contributed by atoms with E-state index < -0.39 is 17.0 Å². The molecule has 0 spiro atoms. The summed E-state index contributed by atoms with van der Waals surface area (Å²) in [5.74, 6) is -0.0349. The van der Waals surface area contributed by atoms with Crippen LogP contribution in [0.1, 0.15) is 36.8 Å². The average molecular weight is 445 g/mol. The molecule has 0 bridgehead atoms. The quantitative estimate of drug-likeness (QED) is 0.514. The summed E-state index contributed by atoms with van der Waals surface area (Å²) < 4.78 is 21.5. The summed E-state index contributed by atoms with van der Waals surface area (Å²) in [6.45, 7) is 8.35. The maximum atomic E-state index is 12.6. The lowest BCUT2D eigenvalue weighted by Crippen LogP contribution is -2.22. The second-order valence-corrected chi connectivity index (χ2v) is 9.18. The minimum atomic E-state index is -1.46. The van der Waals surface area contributed by atoms with Crippen molar-refractivity contribution in [3.05, 3.63) is 47.5 Å². The zero-order chi connectivity index (χ0) is 22.2. The van der Waals surface area contributed by atoms with Crippen LogP contribution < -0.4 is 9.46 Å². The summed E-state index contributed by atoms with van der Waals surface area (Å²) in [5, 5.41) is 8.78. The SMILES string of the molecule is Cc1c(OCCCN2CCCC2)cccc1-c1cccc(S(=O)NCCC(=O)O)c1C. The van der Waals surface area contributed by atoms with E-state index in [0.717, 1.165) is 41.0 Å². The number of hydrogen-bond donors (Lipinski definition) is 2. The zero-order valence-electron chi connectivity index (χ0n) is 18.4. The molecule has 1 unspecified atom stereocenters. The number of likely N-dealkylation sites (tertiary alicyclic amines) is 1. The van der Waals surface area contributed by atoms with Gasteiger partial charge < -0.3 is 14.7 Å². The van der Waals surface area contributed by atoms with E-state index in [4.69, 9.17) is 9.84 Å². The Morgan fingerprint density at radius 2 is 1.77 bits per heavy atom. The van der Waals surface area contributed by atoms with Gasteiger partial charge in [0.1, 0.15) is 16.7 Å². The molecule has 6 nitrogen and oxygen atoms in total. The summed E-state index contributed by atoms with van der Waals surface area (Å²) in [7, 11) is -1.46. The summed E-state index contributed by atoms with van der Waals surface area (Å²) in [5.41, 5.74) is 4.04. The van der Waals surface area contributed by atoms with Crippen molar-refractivity contribution in [1.82, 2.24) is 9.62 Å². The predicted molar refractivity (Wildman–Crippen MR) is 124 cm³/mol. The number of nitrogens with zero attached hydrogens (tertiary/aromatic N) is 1. The summed E-state index contributed by atoms with van der Waals surface area (Å²) in [6.07, 6.45) is 3.56. The van der Waals surface area contributed by atoms with E-state index in [0.29, 0.717) is 11.5 Å². The van der Waals surface area contributed by atoms with E-state index in [2.05, 4.69) is 22.6 Å². The Labute approximate surface area is 187 Å². The number of nitrogens with one attached hydrogen (secondary N) is 1. The highest BCUT2D eigenvalue weighted by atomic mass is 32.2. The molecule has 1 saturated heterocycles. The molecule has 2 aromatic carbocycles. The number of carbonyl (C=O) groups is 1. The van der Waals surface area contributed by atoms with E-state index in [-0.39, 0.29) is 13.0 Å². The van der Waals surface area contributed by atoms with Crippen LogP contribution in [0.3, 0.4) is 0 Å². The van der Waals surface area contributed by atoms with Gasteiger partial charge >= 0.3 is 5.97 Å². The lowest BCUT2D eigenvalue weighted by Gasteiger charge is -2.17. The second-order valence-electron chi connectivity index (χ2n) is 7.91. The number of ether oxygens (including phenoxy) is 1. The summed E-state index contributed by atoms with van der Waals surface area (Å²) in [6, 6.07) is 11.8. The summed E-state index contributed by atoms with van der Waals surface area (Å²) in [4.78, 5) is 13.9. The van der Waals surface area contributed by atoms with Crippen LogP contribution in [-0.2, 0) is 15.8 Å². The molecule has 2 N–H and O–H groups in total. The number of aliphatic carboxylic acids is 1. The molecule has 0 aliphatic carbocycles. The highest BCUT2D eigenvalue weighted by Crippen LogP contribution is 2.33. The molecule has 3 rings (SSSR count). The Morgan fingerprint density at radius 1 is 1.10 bits per heavy atom. The number of hydrogen-bond acceptors (Lipinski definition) is 4. The van der Waals surface area contributed by atoms with Gasteiger partial charge in [0.05, 0.1) is 17.9 Å². The number of carboxylic acids is 1. The van der Waals surface area contributed by atoms with Crippen LogP contribution in [-0.4, -0.2) is 53.0 Å². The van der Waals surface area contributed by atoms with Crippen molar-refractivity contribution >= 4 is 17.0 Å². The Balaban J connectivity index is 1.69. The van der Waals surface area contributed by atoms with Crippen LogP contribution in [0.5, 0.6) is 5.75 Å². The van der Waals surface area contributed by atoms with Crippen LogP contribution in [0, 0.1) is 13.8 Å². The van der Waals surface area contributed by atoms with Gasteiger partial charge in [-0.2, -0.15) is 0 Å². The van der Waals surface area contributed by atoms with Crippen molar-refractivity contribution in [2.75, 3.05) is 32.8 Å². The highest BCUT2D eigenvalue weighted by molar-refractivity contribution is 7.83. The van der Waals surface area contributed by atoms with E-state index in [1.54, 1.807) is 0 Å². The van der Waals surface area contributed by atoms with Gasteiger partial charge in [0, 0.05) is 13.1 Å². The Morgan fingerprint density at radius 3 is 2.48 bits per heavy atom. The maximum absolute atomic E-state index is 12.6.